The van der Waals surface area contributed by atoms with Gasteiger partial charge < -0.3 is 20.3 Å². The molecular weight excluding hydrogens is 354 g/mol. The molecule has 0 saturated heterocycles. The topological polar surface area (TPSA) is 96.1 Å². The van der Waals surface area contributed by atoms with Gasteiger partial charge in [-0.05, 0) is 57.8 Å². The van der Waals surface area contributed by atoms with Gasteiger partial charge in [0.15, 0.2) is 5.82 Å². The lowest BCUT2D eigenvalue weighted by atomic mass is 9.70. The van der Waals surface area contributed by atoms with E-state index in [1.54, 1.807) is 0 Å². The van der Waals surface area contributed by atoms with E-state index < -0.39 is 5.60 Å². The lowest BCUT2D eigenvalue weighted by Gasteiger charge is -2.42. The maximum absolute atomic E-state index is 10.9. The van der Waals surface area contributed by atoms with E-state index in [0.717, 1.165) is 55.7 Å². The van der Waals surface area contributed by atoms with Crippen molar-refractivity contribution in [2.45, 2.75) is 71.4 Å². The summed E-state index contributed by atoms with van der Waals surface area (Å²) in [4.78, 5) is 8.97. The van der Waals surface area contributed by atoms with E-state index in [2.05, 4.69) is 46.5 Å². The first-order chi connectivity index (χ1) is 13.4. The summed E-state index contributed by atoms with van der Waals surface area (Å²) >= 11 is 0. The molecule has 1 aliphatic heterocycles. The number of nitrogens with one attached hydrogen (secondary N) is 2. The predicted octanol–water partition coefficient (Wildman–Crippen LogP) is 3.79. The zero-order chi connectivity index (χ0) is 19.9. The molecule has 7 heteroatoms. The smallest absolute Gasteiger partial charge is 0.261 e. The number of fused-ring (bicyclic) bond motifs is 1. The first kappa shape index (κ1) is 19.2. The van der Waals surface area contributed by atoms with Gasteiger partial charge in [0.2, 0.25) is 0 Å². The third-order valence-electron chi connectivity index (χ3n) is 6.42. The molecule has 0 radical (unpaired) electrons. The molecule has 7 nitrogen and oxygen atoms in total. The number of rotatable bonds is 5. The molecule has 2 aliphatic rings. The Hall–Kier alpha value is -2.15. The van der Waals surface area contributed by atoms with Crippen LogP contribution in [0.15, 0.2) is 10.7 Å². The number of hydrogen-bond acceptors (Lipinski definition) is 7. The average Bonchev–Trinajstić information content (AvgIpc) is 3.30. The molecule has 0 aromatic carbocycles. The number of nitrogens with zero attached hydrogens (tertiary/aromatic N) is 3. The van der Waals surface area contributed by atoms with Gasteiger partial charge in [-0.25, -0.2) is 4.98 Å². The lowest BCUT2D eigenvalue weighted by molar-refractivity contribution is -0.0394. The van der Waals surface area contributed by atoms with Gasteiger partial charge in [0.1, 0.15) is 5.82 Å². The number of aromatic nitrogens is 3. The van der Waals surface area contributed by atoms with E-state index >= 15 is 0 Å². The fraction of sp³-hybridized carbons (Fsp3) is 0.667. The molecule has 1 fully saturated rings. The van der Waals surface area contributed by atoms with Gasteiger partial charge in [-0.1, -0.05) is 19.0 Å². The Bertz CT molecular complexity index is 851. The maximum Gasteiger partial charge on any atom is 0.261 e. The molecule has 0 amide bonds. The summed E-state index contributed by atoms with van der Waals surface area (Å²) in [5.41, 5.74) is 2.51. The largest absolute Gasteiger partial charge is 0.390 e. The van der Waals surface area contributed by atoms with Crippen LogP contribution in [0.25, 0.3) is 11.5 Å². The molecule has 28 heavy (non-hydrogen) atoms. The van der Waals surface area contributed by atoms with Crippen LogP contribution >= 0.6 is 0 Å². The molecule has 3 N–H and O–H groups in total. The van der Waals surface area contributed by atoms with E-state index in [-0.39, 0.29) is 6.04 Å². The zero-order valence-corrected chi connectivity index (χ0v) is 17.2. The standard InChI is InChI=1S/C21H31N5O2/c1-5-21(27)9-12(2)8-15(10-21)13(3)24-18-16-6-7-22-19(16)23-11-17(18)20-25-14(4)26-28-20/h11-13,15,27H,5-10H2,1-4H3,(H2,22,23,24)/t12?,13-,15-,21-/m0/s1. The van der Waals surface area contributed by atoms with Crippen molar-refractivity contribution in [3.05, 3.63) is 17.6 Å². The van der Waals surface area contributed by atoms with Crippen LogP contribution < -0.4 is 10.6 Å². The van der Waals surface area contributed by atoms with Crippen LogP contribution in [0.5, 0.6) is 0 Å². The first-order valence-electron chi connectivity index (χ1n) is 10.4. The minimum atomic E-state index is -0.549. The number of hydrogen-bond donors (Lipinski definition) is 3. The van der Waals surface area contributed by atoms with Crippen molar-refractivity contribution >= 4 is 11.5 Å². The quantitative estimate of drug-likeness (QED) is 0.720. The minimum Gasteiger partial charge on any atom is -0.390 e. The maximum atomic E-state index is 10.9. The van der Waals surface area contributed by atoms with Gasteiger partial charge in [0.25, 0.3) is 5.89 Å². The zero-order valence-electron chi connectivity index (χ0n) is 17.2. The van der Waals surface area contributed by atoms with Gasteiger partial charge in [-0.15, -0.1) is 0 Å². The molecule has 1 saturated carbocycles. The normalized spacial score (nSPS) is 27.9. The number of pyridine rings is 1. The first-order valence-corrected chi connectivity index (χ1v) is 10.4. The highest BCUT2D eigenvalue weighted by Crippen LogP contribution is 2.42. The third-order valence-corrected chi connectivity index (χ3v) is 6.42. The molecule has 152 valence electrons. The van der Waals surface area contributed by atoms with Crippen LogP contribution in [-0.2, 0) is 6.42 Å². The van der Waals surface area contributed by atoms with Crippen LogP contribution in [0.3, 0.4) is 0 Å². The fourth-order valence-corrected chi connectivity index (χ4v) is 4.91. The highest BCUT2D eigenvalue weighted by atomic mass is 16.5. The lowest BCUT2D eigenvalue weighted by Crippen LogP contribution is -2.43. The molecule has 3 heterocycles. The summed E-state index contributed by atoms with van der Waals surface area (Å²) in [6.07, 6.45) is 6.39. The van der Waals surface area contributed by atoms with Gasteiger partial charge >= 0.3 is 0 Å². The van der Waals surface area contributed by atoms with Gasteiger partial charge in [-0.3, -0.25) is 0 Å². The van der Waals surface area contributed by atoms with E-state index in [1.807, 2.05) is 13.1 Å². The number of aryl methyl sites for hydroxylation is 1. The SMILES string of the molecule is CC[C@]1(O)CC(C)C[C@H]([C@H](C)Nc2c(-c3nc(C)no3)cnc3c2CCN3)C1. The monoisotopic (exact) mass is 385 g/mol. The highest BCUT2D eigenvalue weighted by Gasteiger charge is 2.38. The Kier molecular flexibility index (Phi) is 5.04. The molecule has 2 aromatic rings. The van der Waals surface area contributed by atoms with Crippen molar-refractivity contribution in [3.63, 3.8) is 0 Å². The van der Waals surface area contributed by atoms with Crippen molar-refractivity contribution in [3.8, 4) is 11.5 Å². The van der Waals surface area contributed by atoms with E-state index in [4.69, 9.17) is 4.52 Å². The minimum absolute atomic E-state index is 0.218. The predicted molar refractivity (Wildman–Crippen MR) is 109 cm³/mol. The molecule has 2 aromatic heterocycles. The molecule has 0 spiro atoms. The highest BCUT2D eigenvalue weighted by molar-refractivity contribution is 5.80. The van der Waals surface area contributed by atoms with Gasteiger partial charge in [0.05, 0.1) is 16.9 Å². The van der Waals surface area contributed by atoms with Crippen LogP contribution in [-0.4, -0.2) is 38.4 Å². The van der Waals surface area contributed by atoms with E-state index in [9.17, 15) is 5.11 Å². The van der Waals surface area contributed by atoms with Crippen LogP contribution in [0.2, 0.25) is 0 Å². The number of anilines is 2. The molecule has 1 aliphatic carbocycles. The Morgan fingerprint density at radius 3 is 2.96 bits per heavy atom. The Morgan fingerprint density at radius 1 is 1.43 bits per heavy atom. The fourth-order valence-electron chi connectivity index (χ4n) is 4.91. The molecule has 1 unspecified atom stereocenters. The second-order valence-electron chi connectivity index (χ2n) is 8.72. The Morgan fingerprint density at radius 2 is 2.25 bits per heavy atom. The summed E-state index contributed by atoms with van der Waals surface area (Å²) in [5, 5.41) is 22.0. The molecule has 0 bridgehead atoms. The van der Waals surface area contributed by atoms with Gasteiger partial charge in [-0.2, -0.15) is 4.98 Å². The van der Waals surface area contributed by atoms with E-state index in [0.29, 0.717) is 23.6 Å². The molecule has 4 rings (SSSR count). The van der Waals surface area contributed by atoms with Crippen molar-refractivity contribution in [2.24, 2.45) is 11.8 Å². The summed E-state index contributed by atoms with van der Waals surface area (Å²) in [6, 6.07) is 0.218. The molecule has 4 atom stereocenters. The summed E-state index contributed by atoms with van der Waals surface area (Å²) in [5.74, 6) is 2.97. The van der Waals surface area contributed by atoms with Crippen LogP contribution in [0.1, 0.15) is 57.8 Å². The third kappa shape index (κ3) is 3.60. The van der Waals surface area contributed by atoms with Crippen LogP contribution in [0.4, 0.5) is 11.5 Å². The second kappa shape index (κ2) is 7.35. The van der Waals surface area contributed by atoms with E-state index in [1.165, 1.54) is 5.56 Å². The Balaban J connectivity index is 1.64. The Labute approximate surface area is 166 Å². The van der Waals surface area contributed by atoms with Crippen molar-refractivity contribution in [1.29, 1.82) is 0 Å². The van der Waals surface area contributed by atoms with Gasteiger partial charge in [0, 0.05) is 24.3 Å². The second-order valence-corrected chi connectivity index (χ2v) is 8.72. The average molecular weight is 386 g/mol. The van der Waals surface area contributed by atoms with Crippen molar-refractivity contribution in [2.75, 3.05) is 17.2 Å². The van der Waals surface area contributed by atoms with Crippen molar-refractivity contribution < 1.29 is 9.63 Å². The molecular formula is C21H31N5O2. The summed E-state index contributed by atoms with van der Waals surface area (Å²) < 4.78 is 5.44. The summed E-state index contributed by atoms with van der Waals surface area (Å²) in [7, 11) is 0. The number of aliphatic hydroxyl groups is 1. The summed E-state index contributed by atoms with van der Waals surface area (Å²) in [6.45, 7) is 9.26. The van der Waals surface area contributed by atoms with Crippen LogP contribution in [0, 0.1) is 18.8 Å². The van der Waals surface area contributed by atoms with Crippen molar-refractivity contribution in [1.82, 2.24) is 15.1 Å².